The number of hydrogen-bond acceptors (Lipinski definition) is 4. The molecule has 1 unspecified atom stereocenters. The van der Waals surface area contributed by atoms with Crippen molar-refractivity contribution in [2.75, 3.05) is 5.32 Å². The summed E-state index contributed by atoms with van der Waals surface area (Å²) in [5.41, 5.74) is 8.48. The lowest BCUT2D eigenvalue weighted by Crippen LogP contribution is -2.42. The van der Waals surface area contributed by atoms with Crippen LogP contribution in [0.25, 0.3) is 0 Å². The standard InChI is InChI=1S/C24H33FN4O/c1-15-11-17(13-18(26)12-15)19-9-10-27-14-22(19)29-24(30)21-8-7-20(25)23(28-21)16-5-3-2-4-6-16/h7-10,14-18,23,28H,2-6,11-13,26H2,1H3,(H,29,30)/t15-,17+,18-,23?/m0/s1. The molecule has 0 aromatic carbocycles. The van der Waals surface area contributed by atoms with E-state index in [1.807, 2.05) is 6.07 Å². The molecule has 0 bridgehead atoms. The van der Waals surface area contributed by atoms with Crippen molar-refractivity contribution in [3.05, 3.63) is 47.7 Å². The zero-order valence-corrected chi connectivity index (χ0v) is 17.7. The van der Waals surface area contributed by atoms with Gasteiger partial charge in [-0.15, -0.1) is 0 Å². The van der Waals surface area contributed by atoms with E-state index in [1.165, 1.54) is 12.5 Å². The average molecular weight is 413 g/mol. The van der Waals surface area contributed by atoms with Crippen LogP contribution in [0.15, 0.2) is 42.1 Å². The van der Waals surface area contributed by atoms with Gasteiger partial charge in [0.15, 0.2) is 0 Å². The first-order valence-electron chi connectivity index (χ1n) is 11.4. The maximum atomic E-state index is 14.5. The summed E-state index contributed by atoms with van der Waals surface area (Å²) in [6.07, 6.45) is 14.9. The minimum Gasteiger partial charge on any atom is -0.371 e. The molecular formula is C24H33FN4O. The lowest BCUT2D eigenvalue weighted by Gasteiger charge is -2.33. The van der Waals surface area contributed by atoms with Crippen molar-refractivity contribution in [1.29, 1.82) is 0 Å². The Morgan fingerprint density at radius 2 is 2.00 bits per heavy atom. The van der Waals surface area contributed by atoms with Crippen LogP contribution in [0, 0.1) is 11.8 Å². The normalized spacial score (nSPS) is 30.1. The Balaban J connectivity index is 1.48. The molecule has 1 aromatic rings. The molecular weight excluding hydrogens is 379 g/mol. The highest BCUT2D eigenvalue weighted by Crippen LogP contribution is 2.38. The highest BCUT2D eigenvalue weighted by molar-refractivity contribution is 6.04. The fourth-order valence-electron chi connectivity index (χ4n) is 5.47. The van der Waals surface area contributed by atoms with Crippen molar-refractivity contribution in [1.82, 2.24) is 10.3 Å². The number of rotatable bonds is 4. The molecule has 1 aromatic heterocycles. The van der Waals surface area contributed by atoms with E-state index < -0.39 is 6.04 Å². The quantitative estimate of drug-likeness (QED) is 0.678. The topological polar surface area (TPSA) is 80.0 Å². The third-order valence-corrected chi connectivity index (χ3v) is 6.91. The van der Waals surface area contributed by atoms with E-state index in [2.05, 4.69) is 22.5 Å². The Morgan fingerprint density at radius 3 is 2.77 bits per heavy atom. The number of nitrogens with zero attached hydrogens (tertiary/aromatic N) is 1. The van der Waals surface area contributed by atoms with Crippen LogP contribution in [0.2, 0.25) is 0 Å². The molecule has 2 saturated carbocycles. The van der Waals surface area contributed by atoms with Crippen molar-refractivity contribution in [3.63, 3.8) is 0 Å². The number of dihydropyridines is 1. The molecule has 4 rings (SSSR count). The molecule has 3 aliphatic rings. The van der Waals surface area contributed by atoms with E-state index >= 15 is 0 Å². The Hall–Kier alpha value is -2.21. The molecule has 0 saturated heterocycles. The molecule has 2 aliphatic carbocycles. The molecule has 0 radical (unpaired) electrons. The smallest absolute Gasteiger partial charge is 0.271 e. The van der Waals surface area contributed by atoms with Crippen molar-refractivity contribution in [2.45, 2.75) is 76.3 Å². The molecule has 2 fully saturated rings. The van der Waals surface area contributed by atoms with Crippen molar-refractivity contribution in [3.8, 4) is 0 Å². The molecule has 30 heavy (non-hydrogen) atoms. The lowest BCUT2D eigenvalue weighted by molar-refractivity contribution is -0.113. The largest absolute Gasteiger partial charge is 0.371 e. The summed E-state index contributed by atoms with van der Waals surface area (Å²) in [7, 11) is 0. The zero-order chi connectivity index (χ0) is 21.1. The lowest BCUT2D eigenvalue weighted by atomic mass is 9.76. The Morgan fingerprint density at radius 1 is 1.20 bits per heavy atom. The molecule has 1 amide bonds. The number of aromatic nitrogens is 1. The summed E-state index contributed by atoms with van der Waals surface area (Å²) in [5, 5.41) is 6.19. The van der Waals surface area contributed by atoms with Crippen LogP contribution in [-0.2, 0) is 4.79 Å². The summed E-state index contributed by atoms with van der Waals surface area (Å²) in [6, 6.07) is 1.77. The fourth-order valence-corrected chi connectivity index (χ4v) is 5.47. The van der Waals surface area contributed by atoms with Gasteiger partial charge in [-0.05, 0) is 73.6 Å². The Labute approximate surface area is 178 Å². The van der Waals surface area contributed by atoms with Crippen LogP contribution in [0.3, 0.4) is 0 Å². The zero-order valence-electron chi connectivity index (χ0n) is 17.7. The van der Waals surface area contributed by atoms with Crippen molar-refractivity contribution < 1.29 is 9.18 Å². The predicted octanol–water partition coefficient (Wildman–Crippen LogP) is 4.54. The SMILES string of the molecule is C[C@@H]1C[C@H](N)C[C@H](c2ccncc2NC(=O)C2=CC=C(F)C(C3CCCCC3)N2)C1. The van der Waals surface area contributed by atoms with E-state index in [4.69, 9.17) is 5.73 Å². The van der Waals surface area contributed by atoms with Crippen LogP contribution in [0.1, 0.15) is 69.8 Å². The number of amides is 1. The van der Waals surface area contributed by atoms with E-state index in [-0.39, 0.29) is 23.7 Å². The number of carbonyl (C=O) groups excluding carboxylic acids is 1. The molecule has 162 valence electrons. The molecule has 4 N–H and O–H groups in total. The number of allylic oxidation sites excluding steroid dienone is 2. The number of hydrogen-bond donors (Lipinski definition) is 3. The van der Waals surface area contributed by atoms with E-state index in [9.17, 15) is 9.18 Å². The highest BCUT2D eigenvalue weighted by Gasteiger charge is 2.31. The monoisotopic (exact) mass is 412 g/mol. The number of nitrogens with one attached hydrogen (secondary N) is 2. The molecule has 2 heterocycles. The van der Waals surface area contributed by atoms with Gasteiger partial charge in [-0.1, -0.05) is 26.2 Å². The van der Waals surface area contributed by atoms with Gasteiger partial charge < -0.3 is 16.4 Å². The summed E-state index contributed by atoms with van der Waals surface area (Å²) in [6.45, 7) is 2.23. The second-order valence-corrected chi connectivity index (χ2v) is 9.34. The van der Waals surface area contributed by atoms with Gasteiger partial charge in [0.2, 0.25) is 0 Å². The van der Waals surface area contributed by atoms with Gasteiger partial charge in [-0.2, -0.15) is 0 Å². The van der Waals surface area contributed by atoms with Gasteiger partial charge in [-0.3, -0.25) is 9.78 Å². The van der Waals surface area contributed by atoms with Gasteiger partial charge in [0.05, 0.1) is 17.9 Å². The number of nitrogens with two attached hydrogens (primary N) is 1. The van der Waals surface area contributed by atoms with Gasteiger partial charge in [0.25, 0.3) is 5.91 Å². The van der Waals surface area contributed by atoms with Crippen LogP contribution < -0.4 is 16.4 Å². The summed E-state index contributed by atoms with van der Waals surface area (Å²) >= 11 is 0. The predicted molar refractivity (Wildman–Crippen MR) is 117 cm³/mol. The van der Waals surface area contributed by atoms with Crippen molar-refractivity contribution in [2.24, 2.45) is 17.6 Å². The number of carbonyl (C=O) groups is 1. The second kappa shape index (κ2) is 9.29. The third-order valence-electron chi connectivity index (χ3n) is 6.91. The molecule has 5 nitrogen and oxygen atoms in total. The van der Waals surface area contributed by atoms with Crippen molar-refractivity contribution >= 4 is 11.6 Å². The first-order valence-corrected chi connectivity index (χ1v) is 11.4. The molecule has 1 aliphatic heterocycles. The molecule has 6 heteroatoms. The summed E-state index contributed by atoms with van der Waals surface area (Å²) < 4.78 is 14.5. The van der Waals surface area contributed by atoms with Crippen LogP contribution in [0.5, 0.6) is 0 Å². The van der Waals surface area contributed by atoms with Crippen LogP contribution in [0.4, 0.5) is 10.1 Å². The van der Waals surface area contributed by atoms with Crippen LogP contribution in [-0.4, -0.2) is 23.0 Å². The van der Waals surface area contributed by atoms with Gasteiger partial charge in [0.1, 0.15) is 11.5 Å². The number of pyridine rings is 1. The number of anilines is 1. The van der Waals surface area contributed by atoms with E-state index in [1.54, 1.807) is 18.5 Å². The summed E-state index contributed by atoms with van der Waals surface area (Å²) in [4.78, 5) is 17.2. The van der Waals surface area contributed by atoms with Gasteiger partial charge in [-0.25, -0.2) is 4.39 Å². The highest BCUT2D eigenvalue weighted by atomic mass is 19.1. The van der Waals surface area contributed by atoms with Crippen LogP contribution >= 0.6 is 0 Å². The Kier molecular flexibility index (Phi) is 6.52. The van der Waals surface area contributed by atoms with E-state index in [0.717, 1.165) is 56.2 Å². The second-order valence-electron chi connectivity index (χ2n) is 9.34. The van der Waals surface area contributed by atoms with E-state index in [0.29, 0.717) is 17.5 Å². The first-order chi connectivity index (χ1) is 14.5. The van der Waals surface area contributed by atoms with Gasteiger partial charge in [0, 0.05) is 12.2 Å². The Bertz CT molecular complexity index is 820. The fraction of sp³-hybridized carbons (Fsp3) is 0.583. The maximum absolute atomic E-state index is 14.5. The maximum Gasteiger partial charge on any atom is 0.271 e. The third kappa shape index (κ3) is 4.75. The first kappa shape index (κ1) is 21.0. The molecule has 0 spiro atoms. The molecule has 4 atom stereocenters. The van der Waals surface area contributed by atoms with Gasteiger partial charge >= 0.3 is 0 Å². The minimum atomic E-state index is -0.401. The minimum absolute atomic E-state index is 0.175. The summed E-state index contributed by atoms with van der Waals surface area (Å²) in [5.74, 6) is 0.684. The number of halogens is 1. The average Bonchev–Trinajstić information content (AvgIpc) is 2.74.